The summed E-state index contributed by atoms with van der Waals surface area (Å²) in [5, 5.41) is 13.4. The summed E-state index contributed by atoms with van der Waals surface area (Å²) >= 11 is 5.93. The molecule has 1 fully saturated rings. The lowest BCUT2D eigenvalue weighted by molar-refractivity contribution is -0.0932. The van der Waals surface area contributed by atoms with Crippen LogP contribution in [0, 0.1) is 0 Å². The van der Waals surface area contributed by atoms with Crippen molar-refractivity contribution in [2.24, 2.45) is 0 Å². The van der Waals surface area contributed by atoms with E-state index < -0.39 is 0 Å². The molecule has 3 nitrogen and oxygen atoms in total. The fraction of sp³-hybridized carbons (Fsp3) is 0.625. The summed E-state index contributed by atoms with van der Waals surface area (Å²) in [6.45, 7) is 6.00. The lowest BCUT2D eigenvalue weighted by Crippen LogP contribution is -2.46. The van der Waals surface area contributed by atoms with Gasteiger partial charge in [-0.3, -0.25) is 0 Å². The van der Waals surface area contributed by atoms with Crippen molar-refractivity contribution in [2.45, 2.75) is 57.7 Å². The molecular weight excluding hydrogens is 274 g/mol. The second-order valence-electron chi connectivity index (χ2n) is 5.59. The molecule has 0 aliphatic carbocycles. The highest BCUT2D eigenvalue weighted by Gasteiger charge is 2.34. The molecular formula is C16H24ClNO2. The van der Waals surface area contributed by atoms with Crippen LogP contribution in [0.2, 0.25) is 5.02 Å². The third-order valence-corrected chi connectivity index (χ3v) is 4.69. The van der Waals surface area contributed by atoms with E-state index in [9.17, 15) is 5.11 Å². The van der Waals surface area contributed by atoms with Crippen LogP contribution in [0.4, 0.5) is 0 Å². The van der Waals surface area contributed by atoms with Gasteiger partial charge in [0.05, 0.1) is 10.6 Å². The topological polar surface area (TPSA) is 41.5 Å². The number of hydrogen-bond donors (Lipinski definition) is 2. The molecule has 20 heavy (non-hydrogen) atoms. The molecule has 4 heteroatoms. The van der Waals surface area contributed by atoms with Gasteiger partial charge in [0.2, 0.25) is 0 Å². The van der Waals surface area contributed by atoms with Gasteiger partial charge < -0.3 is 15.2 Å². The van der Waals surface area contributed by atoms with Gasteiger partial charge in [0.25, 0.3) is 0 Å². The number of hydrogen-bond acceptors (Lipinski definition) is 3. The van der Waals surface area contributed by atoms with Gasteiger partial charge in [-0.15, -0.1) is 0 Å². The van der Waals surface area contributed by atoms with Gasteiger partial charge in [-0.25, -0.2) is 0 Å². The lowest BCUT2D eigenvalue weighted by atomic mass is 9.86. The van der Waals surface area contributed by atoms with Crippen molar-refractivity contribution in [3.63, 3.8) is 0 Å². The van der Waals surface area contributed by atoms with Crippen LogP contribution in [-0.2, 0) is 11.3 Å². The normalized spacial score (nSPS) is 21.9. The number of nitrogens with one attached hydrogen (secondary N) is 1. The van der Waals surface area contributed by atoms with Crippen LogP contribution >= 0.6 is 11.6 Å². The molecule has 1 aliphatic rings. The number of ether oxygens (including phenoxy) is 1. The van der Waals surface area contributed by atoms with E-state index >= 15 is 0 Å². The first-order valence-corrected chi connectivity index (χ1v) is 7.81. The molecule has 0 saturated carbocycles. The lowest BCUT2D eigenvalue weighted by Gasteiger charge is -2.40. The van der Waals surface area contributed by atoms with E-state index in [-0.39, 0.29) is 11.4 Å². The minimum atomic E-state index is 0.0442. The van der Waals surface area contributed by atoms with Gasteiger partial charge in [0.1, 0.15) is 5.75 Å². The monoisotopic (exact) mass is 297 g/mol. The van der Waals surface area contributed by atoms with Crippen molar-refractivity contribution in [3.05, 3.63) is 28.8 Å². The van der Waals surface area contributed by atoms with Gasteiger partial charge in [-0.05, 0) is 43.4 Å². The van der Waals surface area contributed by atoms with Crippen LogP contribution in [-0.4, -0.2) is 23.4 Å². The minimum absolute atomic E-state index is 0.0442. The van der Waals surface area contributed by atoms with Crippen LogP contribution in [0.3, 0.4) is 0 Å². The summed E-state index contributed by atoms with van der Waals surface area (Å²) in [6.07, 6.45) is 4.23. The Morgan fingerprint density at radius 2 is 2.15 bits per heavy atom. The highest BCUT2D eigenvalue weighted by Crippen LogP contribution is 2.31. The molecule has 112 valence electrons. The van der Waals surface area contributed by atoms with Crippen molar-refractivity contribution in [1.82, 2.24) is 5.32 Å². The summed E-state index contributed by atoms with van der Waals surface area (Å²) in [7, 11) is 0. The van der Waals surface area contributed by atoms with Gasteiger partial charge in [0.15, 0.2) is 0 Å². The van der Waals surface area contributed by atoms with E-state index in [4.69, 9.17) is 16.3 Å². The Hall–Kier alpha value is -0.770. The quantitative estimate of drug-likeness (QED) is 0.867. The molecule has 1 unspecified atom stereocenters. The molecule has 1 atom stereocenters. The van der Waals surface area contributed by atoms with E-state index in [1.54, 1.807) is 6.07 Å². The maximum atomic E-state index is 9.42. The van der Waals surface area contributed by atoms with E-state index in [1.165, 1.54) is 0 Å². The van der Waals surface area contributed by atoms with E-state index in [2.05, 4.69) is 19.2 Å². The Morgan fingerprint density at radius 1 is 1.40 bits per heavy atom. The van der Waals surface area contributed by atoms with Crippen molar-refractivity contribution in [3.8, 4) is 5.75 Å². The Balaban J connectivity index is 1.91. The highest BCUT2D eigenvalue weighted by atomic mass is 35.5. The molecule has 0 amide bonds. The van der Waals surface area contributed by atoms with E-state index in [0.717, 1.165) is 44.4 Å². The third-order valence-electron chi connectivity index (χ3n) is 4.39. The number of halogens is 1. The molecule has 0 spiro atoms. The number of rotatable bonds is 5. The first-order chi connectivity index (χ1) is 9.58. The van der Waals surface area contributed by atoms with E-state index in [0.29, 0.717) is 11.1 Å². The first kappa shape index (κ1) is 15.6. The summed E-state index contributed by atoms with van der Waals surface area (Å²) in [5.41, 5.74) is 1.14. The molecule has 1 saturated heterocycles. The second-order valence-corrected chi connectivity index (χ2v) is 6.00. The zero-order chi connectivity index (χ0) is 14.6. The average molecular weight is 298 g/mol. The SMILES string of the molecule is CCC1(CC)CC(NCc2ccc(O)c(Cl)c2)CCO1. The summed E-state index contributed by atoms with van der Waals surface area (Å²) < 4.78 is 5.99. The van der Waals surface area contributed by atoms with Crippen LogP contribution in [0.25, 0.3) is 0 Å². The maximum absolute atomic E-state index is 9.42. The Morgan fingerprint density at radius 3 is 2.80 bits per heavy atom. The van der Waals surface area contributed by atoms with Gasteiger partial charge in [-0.1, -0.05) is 31.5 Å². The predicted molar refractivity (Wildman–Crippen MR) is 82.2 cm³/mol. The van der Waals surface area contributed by atoms with Gasteiger partial charge in [-0.2, -0.15) is 0 Å². The van der Waals surface area contributed by atoms with Gasteiger partial charge in [0, 0.05) is 19.2 Å². The molecule has 1 aromatic carbocycles. The van der Waals surface area contributed by atoms with Crippen molar-refractivity contribution in [1.29, 1.82) is 0 Å². The number of aromatic hydroxyl groups is 1. The minimum Gasteiger partial charge on any atom is -0.506 e. The third kappa shape index (κ3) is 3.66. The maximum Gasteiger partial charge on any atom is 0.134 e. The van der Waals surface area contributed by atoms with Crippen molar-refractivity contribution < 1.29 is 9.84 Å². The van der Waals surface area contributed by atoms with Crippen molar-refractivity contribution in [2.75, 3.05) is 6.61 Å². The number of benzene rings is 1. The molecule has 1 heterocycles. The van der Waals surface area contributed by atoms with Gasteiger partial charge >= 0.3 is 0 Å². The largest absolute Gasteiger partial charge is 0.506 e. The van der Waals surface area contributed by atoms with Crippen LogP contribution in [0.15, 0.2) is 18.2 Å². The summed E-state index contributed by atoms with van der Waals surface area (Å²) in [4.78, 5) is 0. The smallest absolute Gasteiger partial charge is 0.134 e. The van der Waals surface area contributed by atoms with E-state index in [1.807, 2.05) is 12.1 Å². The zero-order valence-corrected chi connectivity index (χ0v) is 13.0. The Kier molecular flexibility index (Phi) is 5.30. The molecule has 2 rings (SSSR count). The highest BCUT2D eigenvalue weighted by molar-refractivity contribution is 6.32. The number of phenols is 1. The second kappa shape index (κ2) is 6.79. The molecule has 2 N–H and O–H groups in total. The van der Waals surface area contributed by atoms with Crippen LogP contribution < -0.4 is 5.32 Å². The standard InChI is InChI=1S/C16H24ClNO2/c1-3-16(4-2)10-13(7-8-20-16)18-11-12-5-6-15(19)14(17)9-12/h5-6,9,13,18-19H,3-4,7-8,10-11H2,1-2H3. The molecule has 0 radical (unpaired) electrons. The Labute approximate surface area is 126 Å². The van der Waals surface area contributed by atoms with Crippen LogP contribution in [0.1, 0.15) is 45.1 Å². The predicted octanol–water partition coefficient (Wildman–Crippen LogP) is 3.87. The molecule has 0 aromatic heterocycles. The van der Waals surface area contributed by atoms with Crippen molar-refractivity contribution >= 4 is 11.6 Å². The average Bonchev–Trinajstić information content (AvgIpc) is 2.48. The summed E-state index contributed by atoms with van der Waals surface area (Å²) in [5.74, 6) is 0.137. The zero-order valence-electron chi connectivity index (χ0n) is 12.3. The van der Waals surface area contributed by atoms with Crippen LogP contribution in [0.5, 0.6) is 5.75 Å². The fourth-order valence-corrected chi connectivity index (χ4v) is 3.07. The summed E-state index contributed by atoms with van der Waals surface area (Å²) in [6, 6.07) is 5.85. The fourth-order valence-electron chi connectivity index (χ4n) is 2.87. The number of phenolic OH excluding ortho intramolecular Hbond substituents is 1. The molecule has 1 aromatic rings. The Bertz CT molecular complexity index is 446. The molecule has 1 aliphatic heterocycles. The molecule has 0 bridgehead atoms. The first-order valence-electron chi connectivity index (χ1n) is 7.43.